The number of methoxy groups -OCH3 is 1. The number of guanidine groups is 1. The molecule has 6 nitrogen and oxygen atoms in total. The fourth-order valence-electron chi connectivity index (χ4n) is 1.55. The zero-order valence-corrected chi connectivity index (χ0v) is 9.30. The number of phenols is 1. The molecule has 1 aliphatic heterocycles. The second kappa shape index (κ2) is 4.73. The highest BCUT2D eigenvalue weighted by atomic mass is 16.5. The fraction of sp³-hybridized carbons (Fsp3) is 0.273. The van der Waals surface area contributed by atoms with Crippen LogP contribution < -0.4 is 10.6 Å². The highest BCUT2D eigenvalue weighted by Gasteiger charge is 2.19. The van der Waals surface area contributed by atoms with Crippen LogP contribution in [0.5, 0.6) is 5.75 Å². The SMILES string of the molecule is COC(=O)NC1=NC(c2ccc(O)cc2)CN1. The molecule has 1 aromatic carbocycles. The standard InChI is InChI=1S/C11H13N3O3/c1-17-11(16)14-10-12-6-9(13-10)7-2-4-8(15)5-3-7/h2-5,9,15H,6H2,1H3,(H2,12,13,14,16). The van der Waals surface area contributed by atoms with E-state index in [1.165, 1.54) is 7.11 Å². The first-order valence-corrected chi connectivity index (χ1v) is 5.14. The van der Waals surface area contributed by atoms with Crippen molar-refractivity contribution in [3.8, 4) is 5.75 Å². The van der Waals surface area contributed by atoms with Gasteiger partial charge in [0.1, 0.15) is 5.75 Å². The largest absolute Gasteiger partial charge is 0.508 e. The van der Waals surface area contributed by atoms with Gasteiger partial charge < -0.3 is 15.2 Å². The van der Waals surface area contributed by atoms with Crippen LogP contribution in [0.25, 0.3) is 0 Å². The molecule has 0 saturated heterocycles. The van der Waals surface area contributed by atoms with Crippen LogP contribution in [0.3, 0.4) is 0 Å². The van der Waals surface area contributed by atoms with Crippen molar-refractivity contribution in [1.29, 1.82) is 0 Å². The monoisotopic (exact) mass is 235 g/mol. The smallest absolute Gasteiger partial charge is 0.413 e. The molecule has 0 bridgehead atoms. The van der Waals surface area contributed by atoms with Gasteiger partial charge in [0.15, 0.2) is 0 Å². The summed E-state index contributed by atoms with van der Waals surface area (Å²) < 4.78 is 4.46. The van der Waals surface area contributed by atoms with Crippen LogP contribution in [0.2, 0.25) is 0 Å². The van der Waals surface area contributed by atoms with Gasteiger partial charge in [0, 0.05) is 6.54 Å². The molecule has 1 atom stereocenters. The Hall–Kier alpha value is -2.24. The first-order valence-electron chi connectivity index (χ1n) is 5.14. The topological polar surface area (TPSA) is 83.0 Å². The maximum absolute atomic E-state index is 11.0. The number of benzene rings is 1. The van der Waals surface area contributed by atoms with E-state index in [0.29, 0.717) is 12.5 Å². The second-order valence-electron chi connectivity index (χ2n) is 3.58. The van der Waals surface area contributed by atoms with Crippen molar-refractivity contribution >= 4 is 12.1 Å². The van der Waals surface area contributed by atoms with Gasteiger partial charge in [-0.25, -0.2) is 9.79 Å². The van der Waals surface area contributed by atoms with Crippen LogP contribution in [-0.4, -0.2) is 30.8 Å². The molecule has 2 rings (SSSR count). The molecule has 1 aromatic rings. The summed E-state index contributed by atoms with van der Waals surface area (Å²) in [5.74, 6) is 0.617. The Balaban J connectivity index is 2.05. The van der Waals surface area contributed by atoms with Crippen LogP contribution in [0, 0.1) is 0 Å². The number of rotatable bonds is 1. The molecule has 1 aliphatic rings. The molecule has 17 heavy (non-hydrogen) atoms. The Labute approximate surface area is 98.3 Å². The first kappa shape index (κ1) is 11.3. The lowest BCUT2D eigenvalue weighted by Crippen LogP contribution is -2.37. The Morgan fingerprint density at radius 2 is 2.24 bits per heavy atom. The number of aliphatic imine (C=N–C) groups is 1. The predicted octanol–water partition coefficient (Wildman–Crippen LogP) is 0.748. The molecule has 1 heterocycles. The first-order chi connectivity index (χ1) is 8.19. The molecule has 0 fully saturated rings. The van der Waals surface area contributed by atoms with Gasteiger partial charge >= 0.3 is 6.09 Å². The van der Waals surface area contributed by atoms with Gasteiger partial charge in [0.05, 0.1) is 13.2 Å². The normalized spacial score (nSPS) is 18.2. The van der Waals surface area contributed by atoms with Gasteiger partial charge in [-0.2, -0.15) is 0 Å². The average Bonchev–Trinajstić information content (AvgIpc) is 2.78. The number of hydrogen-bond donors (Lipinski definition) is 3. The van der Waals surface area contributed by atoms with Gasteiger partial charge in [0.2, 0.25) is 5.96 Å². The van der Waals surface area contributed by atoms with Crippen molar-refractivity contribution in [1.82, 2.24) is 10.6 Å². The van der Waals surface area contributed by atoms with Crippen molar-refractivity contribution in [2.75, 3.05) is 13.7 Å². The predicted molar refractivity (Wildman–Crippen MR) is 61.8 cm³/mol. The van der Waals surface area contributed by atoms with Gasteiger partial charge in [0.25, 0.3) is 0 Å². The highest BCUT2D eigenvalue weighted by Crippen LogP contribution is 2.21. The van der Waals surface area contributed by atoms with E-state index < -0.39 is 6.09 Å². The molecule has 1 amide bonds. The van der Waals surface area contributed by atoms with E-state index in [9.17, 15) is 9.90 Å². The van der Waals surface area contributed by atoms with Crippen LogP contribution in [0.1, 0.15) is 11.6 Å². The van der Waals surface area contributed by atoms with E-state index in [2.05, 4.69) is 20.4 Å². The Kier molecular flexibility index (Phi) is 3.13. The van der Waals surface area contributed by atoms with Crippen molar-refractivity contribution in [2.45, 2.75) is 6.04 Å². The van der Waals surface area contributed by atoms with Crippen LogP contribution in [-0.2, 0) is 4.74 Å². The van der Waals surface area contributed by atoms with Gasteiger partial charge in [-0.15, -0.1) is 0 Å². The Morgan fingerprint density at radius 3 is 2.88 bits per heavy atom. The number of carbonyl (C=O) groups excluding carboxylic acids is 1. The molecular weight excluding hydrogens is 222 g/mol. The Morgan fingerprint density at radius 1 is 1.53 bits per heavy atom. The van der Waals surface area contributed by atoms with Gasteiger partial charge in [-0.05, 0) is 17.7 Å². The lowest BCUT2D eigenvalue weighted by atomic mass is 10.1. The summed E-state index contributed by atoms with van der Waals surface area (Å²) >= 11 is 0. The summed E-state index contributed by atoms with van der Waals surface area (Å²) in [6.45, 7) is 0.601. The van der Waals surface area contributed by atoms with Crippen molar-refractivity contribution in [3.63, 3.8) is 0 Å². The summed E-state index contributed by atoms with van der Waals surface area (Å²) in [5, 5.41) is 14.6. The number of carbonyl (C=O) groups is 1. The summed E-state index contributed by atoms with van der Waals surface area (Å²) in [4.78, 5) is 15.3. The number of alkyl carbamates (subject to hydrolysis) is 1. The number of aromatic hydroxyl groups is 1. The van der Waals surface area contributed by atoms with E-state index in [0.717, 1.165) is 5.56 Å². The lowest BCUT2D eigenvalue weighted by Gasteiger charge is -2.05. The maximum atomic E-state index is 11.0. The van der Waals surface area contributed by atoms with Crippen molar-refractivity contribution in [3.05, 3.63) is 29.8 Å². The quantitative estimate of drug-likeness (QED) is 0.670. The van der Waals surface area contributed by atoms with Gasteiger partial charge in [-0.3, -0.25) is 5.32 Å². The van der Waals surface area contributed by atoms with E-state index in [-0.39, 0.29) is 11.8 Å². The maximum Gasteiger partial charge on any atom is 0.413 e. The Bertz CT molecular complexity index is 442. The molecule has 0 spiro atoms. The van der Waals surface area contributed by atoms with Crippen molar-refractivity contribution in [2.24, 2.45) is 4.99 Å². The third-order valence-electron chi connectivity index (χ3n) is 2.43. The van der Waals surface area contributed by atoms with Crippen LogP contribution in [0.15, 0.2) is 29.3 Å². The lowest BCUT2D eigenvalue weighted by molar-refractivity contribution is 0.176. The molecule has 0 radical (unpaired) electrons. The molecule has 0 aliphatic carbocycles. The van der Waals surface area contributed by atoms with Crippen LogP contribution in [0.4, 0.5) is 4.79 Å². The fourth-order valence-corrected chi connectivity index (χ4v) is 1.55. The second-order valence-corrected chi connectivity index (χ2v) is 3.58. The molecule has 0 aromatic heterocycles. The zero-order valence-electron chi connectivity index (χ0n) is 9.30. The van der Waals surface area contributed by atoms with Gasteiger partial charge in [-0.1, -0.05) is 12.1 Å². The van der Waals surface area contributed by atoms with Crippen LogP contribution >= 0.6 is 0 Å². The summed E-state index contributed by atoms with van der Waals surface area (Å²) in [6.07, 6.45) is -0.553. The minimum Gasteiger partial charge on any atom is -0.508 e. The molecule has 1 unspecified atom stereocenters. The third-order valence-corrected chi connectivity index (χ3v) is 2.43. The molecule has 0 saturated carbocycles. The minimum absolute atomic E-state index is 0.0669. The zero-order chi connectivity index (χ0) is 12.3. The van der Waals surface area contributed by atoms with E-state index in [4.69, 9.17) is 0 Å². The highest BCUT2D eigenvalue weighted by molar-refractivity contribution is 5.94. The number of ether oxygens (including phenoxy) is 1. The number of nitrogens with one attached hydrogen (secondary N) is 2. The molecule has 90 valence electrons. The van der Waals surface area contributed by atoms with Crippen molar-refractivity contribution < 1.29 is 14.6 Å². The number of amides is 1. The summed E-state index contributed by atoms with van der Waals surface area (Å²) in [7, 11) is 1.29. The molecular formula is C11H13N3O3. The molecule has 3 N–H and O–H groups in total. The summed E-state index contributed by atoms with van der Waals surface area (Å²) in [5.41, 5.74) is 0.969. The van der Waals surface area contributed by atoms with E-state index in [1.807, 2.05) is 0 Å². The summed E-state index contributed by atoms with van der Waals surface area (Å²) in [6, 6.07) is 6.74. The number of phenolic OH excluding ortho intramolecular Hbond substituents is 1. The van der Waals surface area contributed by atoms with E-state index >= 15 is 0 Å². The van der Waals surface area contributed by atoms with E-state index in [1.54, 1.807) is 24.3 Å². The number of nitrogens with zero attached hydrogens (tertiary/aromatic N) is 1. The third kappa shape index (κ3) is 2.66. The minimum atomic E-state index is -0.553. The number of hydrogen-bond acceptors (Lipinski definition) is 5. The molecule has 6 heteroatoms. The average molecular weight is 235 g/mol.